The highest BCUT2D eigenvalue weighted by Gasteiger charge is 2.21. The van der Waals surface area contributed by atoms with E-state index in [0.717, 1.165) is 41.9 Å². The van der Waals surface area contributed by atoms with Crippen LogP contribution < -0.4 is 10.2 Å². The highest BCUT2D eigenvalue weighted by molar-refractivity contribution is 7.12. The largest absolute Gasteiger partial charge is 0.321 e. The molecular formula is C18H20N2O2S. The van der Waals surface area contributed by atoms with E-state index in [-0.39, 0.29) is 11.8 Å². The lowest BCUT2D eigenvalue weighted by Gasteiger charge is -2.28. The summed E-state index contributed by atoms with van der Waals surface area (Å²) in [7, 11) is 0. The molecule has 2 amide bonds. The van der Waals surface area contributed by atoms with Gasteiger partial charge in [0.15, 0.2) is 0 Å². The molecule has 2 aromatic rings. The van der Waals surface area contributed by atoms with Gasteiger partial charge < -0.3 is 10.2 Å². The number of piperidine rings is 1. The molecule has 1 N–H and O–H groups in total. The molecule has 0 radical (unpaired) electrons. The van der Waals surface area contributed by atoms with Gasteiger partial charge in [-0.05, 0) is 61.4 Å². The van der Waals surface area contributed by atoms with Crippen molar-refractivity contribution in [1.82, 2.24) is 0 Å². The van der Waals surface area contributed by atoms with Gasteiger partial charge in [0.2, 0.25) is 5.91 Å². The Kier molecular flexibility index (Phi) is 4.48. The fourth-order valence-electron chi connectivity index (χ4n) is 2.78. The van der Waals surface area contributed by atoms with Crippen LogP contribution in [-0.4, -0.2) is 18.4 Å². The monoisotopic (exact) mass is 328 g/mol. The average molecular weight is 328 g/mol. The van der Waals surface area contributed by atoms with Crippen LogP contribution in [0.25, 0.3) is 0 Å². The molecule has 1 fully saturated rings. The number of hydrogen-bond acceptors (Lipinski definition) is 3. The lowest BCUT2D eigenvalue weighted by Crippen LogP contribution is -2.35. The third-order valence-electron chi connectivity index (χ3n) is 4.04. The molecule has 1 aromatic heterocycles. The van der Waals surface area contributed by atoms with E-state index in [1.54, 1.807) is 0 Å². The van der Waals surface area contributed by atoms with Crippen LogP contribution in [0.4, 0.5) is 11.4 Å². The van der Waals surface area contributed by atoms with Gasteiger partial charge in [-0.25, -0.2) is 0 Å². The van der Waals surface area contributed by atoms with Crippen molar-refractivity contribution < 1.29 is 9.59 Å². The Morgan fingerprint density at radius 1 is 1.22 bits per heavy atom. The number of nitrogens with zero attached hydrogens (tertiary/aromatic N) is 1. The van der Waals surface area contributed by atoms with Crippen LogP contribution in [0, 0.1) is 13.8 Å². The summed E-state index contributed by atoms with van der Waals surface area (Å²) in [4.78, 5) is 27.0. The van der Waals surface area contributed by atoms with Crippen molar-refractivity contribution in [2.75, 3.05) is 16.8 Å². The van der Waals surface area contributed by atoms with Crippen LogP contribution in [0.3, 0.4) is 0 Å². The number of carbonyl (C=O) groups excluding carboxylic acids is 2. The summed E-state index contributed by atoms with van der Waals surface area (Å²) in [5.41, 5.74) is 3.75. The van der Waals surface area contributed by atoms with Gasteiger partial charge in [0.1, 0.15) is 0 Å². The van der Waals surface area contributed by atoms with Crippen LogP contribution in [0.15, 0.2) is 29.6 Å². The van der Waals surface area contributed by atoms with E-state index in [1.165, 1.54) is 11.3 Å². The first-order valence-electron chi connectivity index (χ1n) is 7.82. The van der Waals surface area contributed by atoms with Gasteiger partial charge in [-0.2, -0.15) is 0 Å². The molecule has 5 heteroatoms. The maximum absolute atomic E-state index is 12.3. The lowest BCUT2D eigenvalue weighted by molar-refractivity contribution is -0.119. The van der Waals surface area contributed by atoms with Crippen molar-refractivity contribution in [3.8, 4) is 0 Å². The molecule has 3 rings (SSSR count). The van der Waals surface area contributed by atoms with E-state index >= 15 is 0 Å². The Hall–Kier alpha value is -2.14. The number of amides is 2. The molecule has 0 unspecified atom stereocenters. The molecule has 2 heterocycles. The Morgan fingerprint density at radius 3 is 2.74 bits per heavy atom. The second-order valence-electron chi connectivity index (χ2n) is 5.95. The van der Waals surface area contributed by atoms with Crippen molar-refractivity contribution in [2.45, 2.75) is 33.1 Å². The van der Waals surface area contributed by atoms with E-state index in [1.807, 2.05) is 48.4 Å². The number of anilines is 2. The number of nitrogens with one attached hydrogen (secondary N) is 1. The predicted molar refractivity (Wildman–Crippen MR) is 94.4 cm³/mol. The first-order chi connectivity index (χ1) is 11.0. The van der Waals surface area contributed by atoms with E-state index < -0.39 is 0 Å². The third-order valence-corrected chi connectivity index (χ3v) is 5.08. The fraction of sp³-hybridized carbons (Fsp3) is 0.333. The third kappa shape index (κ3) is 3.45. The number of hydrogen-bond donors (Lipinski definition) is 1. The molecule has 4 nitrogen and oxygen atoms in total. The minimum atomic E-state index is -0.108. The van der Waals surface area contributed by atoms with Crippen LogP contribution >= 0.6 is 11.3 Å². The van der Waals surface area contributed by atoms with Gasteiger partial charge in [0.25, 0.3) is 5.91 Å². The van der Waals surface area contributed by atoms with Crippen LogP contribution in [0.5, 0.6) is 0 Å². The first-order valence-corrected chi connectivity index (χ1v) is 8.70. The van der Waals surface area contributed by atoms with Gasteiger partial charge in [0.05, 0.1) is 4.88 Å². The summed E-state index contributed by atoms with van der Waals surface area (Å²) in [5.74, 6) is 0.0552. The van der Waals surface area contributed by atoms with Gasteiger partial charge >= 0.3 is 0 Å². The molecule has 0 spiro atoms. The van der Waals surface area contributed by atoms with E-state index in [9.17, 15) is 9.59 Å². The van der Waals surface area contributed by atoms with Gasteiger partial charge in [-0.3, -0.25) is 9.59 Å². The summed E-state index contributed by atoms with van der Waals surface area (Å²) in [5, 5.41) is 4.89. The number of thiophene rings is 1. The van der Waals surface area contributed by atoms with E-state index in [0.29, 0.717) is 11.3 Å². The molecule has 120 valence electrons. The molecule has 1 aliphatic heterocycles. The zero-order chi connectivity index (χ0) is 16.4. The molecule has 0 bridgehead atoms. The predicted octanol–water partition coefficient (Wildman–Crippen LogP) is 4.13. The highest BCUT2D eigenvalue weighted by Crippen LogP contribution is 2.28. The zero-order valence-corrected chi connectivity index (χ0v) is 14.2. The molecule has 0 saturated carbocycles. The topological polar surface area (TPSA) is 49.4 Å². The van der Waals surface area contributed by atoms with Crippen LogP contribution in [0.2, 0.25) is 0 Å². The number of carbonyl (C=O) groups is 2. The van der Waals surface area contributed by atoms with E-state index in [2.05, 4.69) is 5.32 Å². The summed E-state index contributed by atoms with van der Waals surface area (Å²) in [6.07, 6.45) is 2.59. The summed E-state index contributed by atoms with van der Waals surface area (Å²) in [6, 6.07) is 7.61. The molecule has 1 aliphatic rings. The molecule has 23 heavy (non-hydrogen) atoms. The quantitative estimate of drug-likeness (QED) is 0.921. The smallest absolute Gasteiger partial charge is 0.265 e. The van der Waals surface area contributed by atoms with Crippen molar-refractivity contribution in [2.24, 2.45) is 0 Å². The van der Waals surface area contributed by atoms with Crippen molar-refractivity contribution >= 4 is 34.5 Å². The standard InChI is InChI=1S/C18H20N2O2S/c1-12-9-16(23-11-12)18(22)19-14-7-6-13(2)15(10-14)20-8-4-3-5-17(20)21/h6-7,9-11H,3-5,8H2,1-2H3,(H,19,22). The Bertz CT molecular complexity index is 751. The van der Waals surface area contributed by atoms with E-state index in [4.69, 9.17) is 0 Å². The number of rotatable bonds is 3. The maximum atomic E-state index is 12.3. The second kappa shape index (κ2) is 6.54. The van der Waals surface area contributed by atoms with Crippen molar-refractivity contribution in [3.05, 3.63) is 45.6 Å². The SMILES string of the molecule is Cc1csc(C(=O)Nc2ccc(C)c(N3CCCCC3=O)c2)c1. The molecule has 0 aliphatic carbocycles. The molecule has 1 saturated heterocycles. The van der Waals surface area contributed by atoms with Crippen molar-refractivity contribution in [3.63, 3.8) is 0 Å². The first kappa shape index (κ1) is 15.7. The molecule has 1 aromatic carbocycles. The zero-order valence-electron chi connectivity index (χ0n) is 13.4. The molecular weight excluding hydrogens is 308 g/mol. The highest BCUT2D eigenvalue weighted by atomic mass is 32.1. The van der Waals surface area contributed by atoms with Crippen molar-refractivity contribution in [1.29, 1.82) is 0 Å². The summed E-state index contributed by atoms with van der Waals surface area (Å²) in [6.45, 7) is 4.71. The fourth-order valence-corrected chi connectivity index (χ4v) is 3.57. The average Bonchev–Trinajstić information content (AvgIpc) is 2.97. The summed E-state index contributed by atoms with van der Waals surface area (Å²) < 4.78 is 0. The van der Waals surface area contributed by atoms with Crippen LogP contribution in [-0.2, 0) is 4.79 Å². The number of aryl methyl sites for hydroxylation is 2. The van der Waals surface area contributed by atoms with Crippen LogP contribution in [0.1, 0.15) is 40.1 Å². The second-order valence-corrected chi connectivity index (χ2v) is 6.86. The Labute approximate surface area is 140 Å². The number of benzene rings is 1. The summed E-state index contributed by atoms with van der Waals surface area (Å²) >= 11 is 1.44. The van der Waals surface area contributed by atoms with Gasteiger partial charge in [0, 0.05) is 24.3 Å². The Morgan fingerprint density at radius 2 is 2.04 bits per heavy atom. The molecule has 0 atom stereocenters. The minimum absolute atomic E-state index is 0.108. The lowest BCUT2D eigenvalue weighted by atomic mass is 10.1. The maximum Gasteiger partial charge on any atom is 0.265 e. The van der Waals surface area contributed by atoms with Gasteiger partial charge in [-0.15, -0.1) is 11.3 Å². The normalized spacial score (nSPS) is 14.9. The Balaban J connectivity index is 1.82. The minimum Gasteiger partial charge on any atom is -0.321 e. The van der Waals surface area contributed by atoms with Gasteiger partial charge in [-0.1, -0.05) is 6.07 Å².